The van der Waals surface area contributed by atoms with E-state index in [1.54, 1.807) is 18.3 Å². The number of methoxy groups -OCH3 is 1. The van der Waals surface area contributed by atoms with Gasteiger partial charge < -0.3 is 14.6 Å². The molecular formula is C16H18N4O4. The fourth-order valence-corrected chi connectivity index (χ4v) is 2.00. The smallest absolute Gasteiger partial charge is 0.330 e. The second-order valence-corrected chi connectivity index (χ2v) is 5.10. The third kappa shape index (κ3) is 3.97. The zero-order valence-corrected chi connectivity index (χ0v) is 13.6. The predicted molar refractivity (Wildman–Crippen MR) is 88.6 cm³/mol. The normalized spacial score (nSPS) is 10.8. The fraction of sp³-hybridized carbons (Fsp3) is 0.250. The highest BCUT2D eigenvalue weighted by molar-refractivity contribution is 5.91. The van der Waals surface area contributed by atoms with Gasteiger partial charge in [-0.1, -0.05) is 6.07 Å². The van der Waals surface area contributed by atoms with E-state index >= 15 is 0 Å². The van der Waals surface area contributed by atoms with Crippen LogP contribution in [0.25, 0.3) is 6.08 Å². The first-order valence-electron chi connectivity index (χ1n) is 7.14. The summed E-state index contributed by atoms with van der Waals surface area (Å²) in [6.45, 7) is 0.297. The average Bonchev–Trinajstić information content (AvgIpc) is 2.60. The van der Waals surface area contributed by atoms with Crippen LogP contribution in [0, 0.1) is 0 Å². The molecule has 8 heteroatoms. The molecular weight excluding hydrogens is 312 g/mol. The molecule has 0 aliphatic heterocycles. The highest BCUT2D eigenvalue weighted by Gasteiger charge is 2.05. The van der Waals surface area contributed by atoms with Crippen molar-refractivity contribution >= 4 is 12.0 Å². The molecule has 0 unspecified atom stereocenters. The maximum Gasteiger partial charge on any atom is 0.330 e. The van der Waals surface area contributed by atoms with Gasteiger partial charge in [0.1, 0.15) is 0 Å². The monoisotopic (exact) mass is 330 g/mol. The highest BCUT2D eigenvalue weighted by atomic mass is 16.5. The second-order valence-electron chi connectivity index (χ2n) is 5.10. The van der Waals surface area contributed by atoms with Gasteiger partial charge in [0, 0.05) is 45.2 Å². The molecule has 0 saturated carbocycles. The molecule has 0 radical (unpaired) electrons. The Hall–Kier alpha value is -3.16. The van der Waals surface area contributed by atoms with Crippen LogP contribution in [0.3, 0.4) is 0 Å². The van der Waals surface area contributed by atoms with E-state index in [9.17, 15) is 14.4 Å². The Morgan fingerprint density at radius 3 is 2.71 bits per heavy atom. The molecule has 8 nitrogen and oxygen atoms in total. The Morgan fingerprint density at radius 1 is 1.33 bits per heavy atom. The van der Waals surface area contributed by atoms with Crippen LogP contribution in [0.4, 0.5) is 0 Å². The number of aryl methyl sites for hydroxylation is 1. The van der Waals surface area contributed by atoms with Gasteiger partial charge >= 0.3 is 5.69 Å². The van der Waals surface area contributed by atoms with E-state index < -0.39 is 11.2 Å². The van der Waals surface area contributed by atoms with Crippen molar-refractivity contribution in [2.75, 3.05) is 7.11 Å². The topological polar surface area (TPSA) is 95.2 Å². The van der Waals surface area contributed by atoms with Crippen LogP contribution in [-0.4, -0.2) is 27.1 Å². The van der Waals surface area contributed by atoms with Gasteiger partial charge in [-0.3, -0.25) is 14.2 Å². The number of rotatable bonds is 5. The van der Waals surface area contributed by atoms with Crippen LogP contribution in [0.5, 0.6) is 5.88 Å². The number of aromatic nitrogens is 3. The van der Waals surface area contributed by atoms with Gasteiger partial charge in [0.25, 0.3) is 5.56 Å². The van der Waals surface area contributed by atoms with Crippen LogP contribution in [0.2, 0.25) is 0 Å². The summed E-state index contributed by atoms with van der Waals surface area (Å²) in [6.07, 6.45) is 5.62. The van der Waals surface area contributed by atoms with Crippen molar-refractivity contribution in [3.8, 4) is 5.88 Å². The van der Waals surface area contributed by atoms with Gasteiger partial charge in [-0.05, 0) is 11.6 Å². The lowest BCUT2D eigenvalue weighted by atomic mass is 10.2. The lowest BCUT2D eigenvalue weighted by Crippen LogP contribution is -2.37. The molecule has 2 aromatic heterocycles. The Morgan fingerprint density at radius 2 is 2.08 bits per heavy atom. The van der Waals surface area contributed by atoms with Gasteiger partial charge in [0.2, 0.25) is 11.8 Å². The Kier molecular flexibility index (Phi) is 5.31. The molecule has 2 rings (SSSR count). The van der Waals surface area contributed by atoms with E-state index in [0.29, 0.717) is 12.4 Å². The lowest BCUT2D eigenvalue weighted by Gasteiger charge is -2.04. The van der Waals surface area contributed by atoms with Crippen LogP contribution in [0.15, 0.2) is 40.2 Å². The fourth-order valence-electron chi connectivity index (χ4n) is 2.00. The summed E-state index contributed by atoms with van der Waals surface area (Å²) in [7, 11) is 4.45. The molecule has 1 amide bonds. The summed E-state index contributed by atoms with van der Waals surface area (Å²) >= 11 is 0. The quantitative estimate of drug-likeness (QED) is 0.767. The number of hydrogen-bond acceptors (Lipinski definition) is 5. The van der Waals surface area contributed by atoms with E-state index in [1.807, 2.05) is 0 Å². The van der Waals surface area contributed by atoms with Crippen molar-refractivity contribution in [3.63, 3.8) is 0 Å². The Balaban J connectivity index is 2.03. The number of nitrogens with zero attached hydrogens (tertiary/aromatic N) is 3. The molecule has 0 aliphatic rings. The van der Waals surface area contributed by atoms with Gasteiger partial charge in [-0.25, -0.2) is 9.78 Å². The van der Waals surface area contributed by atoms with Crippen molar-refractivity contribution in [1.29, 1.82) is 0 Å². The molecule has 126 valence electrons. The van der Waals surface area contributed by atoms with Crippen molar-refractivity contribution in [3.05, 3.63) is 62.6 Å². The molecule has 0 saturated heterocycles. The number of hydrogen-bond donors (Lipinski definition) is 1. The van der Waals surface area contributed by atoms with Crippen molar-refractivity contribution in [1.82, 2.24) is 19.4 Å². The van der Waals surface area contributed by atoms with E-state index in [4.69, 9.17) is 4.74 Å². The maximum atomic E-state index is 11.9. The summed E-state index contributed by atoms with van der Waals surface area (Å²) < 4.78 is 7.22. The van der Waals surface area contributed by atoms with Crippen LogP contribution >= 0.6 is 0 Å². The van der Waals surface area contributed by atoms with Crippen molar-refractivity contribution in [2.24, 2.45) is 14.1 Å². The molecule has 24 heavy (non-hydrogen) atoms. The maximum absolute atomic E-state index is 11.9. The van der Waals surface area contributed by atoms with E-state index in [-0.39, 0.29) is 11.5 Å². The summed E-state index contributed by atoms with van der Waals surface area (Å²) in [5, 5.41) is 2.68. The number of nitrogens with one attached hydrogen (secondary N) is 1. The minimum absolute atomic E-state index is 0.251. The number of ether oxygens (including phenoxy) is 1. The molecule has 0 aliphatic carbocycles. The Bertz CT molecular complexity index is 878. The highest BCUT2D eigenvalue weighted by Crippen LogP contribution is 2.06. The molecule has 1 N–H and O–H groups in total. The summed E-state index contributed by atoms with van der Waals surface area (Å²) in [5.74, 6) is 0.136. The first-order chi connectivity index (χ1) is 11.4. The standard InChI is InChI=1S/C16H18N4O4/c1-19-10-12(15(22)20(2)16(19)23)5-6-13(21)17-8-11-4-7-14(24-3)18-9-11/h4-7,9-10H,8H2,1-3H3,(H,17,21). The summed E-state index contributed by atoms with van der Waals surface area (Å²) in [5.41, 5.74) is 0.187. The van der Waals surface area contributed by atoms with E-state index in [2.05, 4.69) is 10.3 Å². The zero-order valence-electron chi connectivity index (χ0n) is 13.6. The van der Waals surface area contributed by atoms with Gasteiger partial charge in [0.05, 0.1) is 12.7 Å². The molecule has 0 spiro atoms. The number of amides is 1. The van der Waals surface area contributed by atoms with E-state index in [0.717, 1.165) is 10.1 Å². The third-order valence-corrected chi connectivity index (χ3v) is 3.36. The van der Waals surface area contributed by atoms with Crippen molar-refractivity contribution in [2.45, 2.75) is 6.54 Å². The molecule has 0 aromatic carbocycles. The summed E-state index contributed by atoms with van der Waals surface area (Å²) in [4.78, 5) is 39.4. The molecule has 2 aromatic rings. The molecule has 0 atom stereocenters. The first-order valence-corrected chi connectivity index (χ1v) is 7.14. The van der Waals surface area contributed by atoms with Gasteiger partial charge in [-0.2, -0.15) is 0 Å². The minimum Gasteiger partial charge on any atom is -0.481 e. The van der Waals surface area contributed by atoms with Crippen LogP contribution in [-0.2, 0) is 25.4 Å². The summed E-state index contributed by atoms with van der Waals surface area (Å²) in [6, 6.07) is 3.49. The molecule has 0 fully saturated rings. The van der Waals surface area contributed by atoms with Crippen molar-refractivity contribution < 1.29 is 9.53 Å². The van der Waals surface area contributed by atoms with Crippen LogP contribution < -0.4 is 21.3 Å². The second kappa shape index (κ2) is 7.40. The van der Waals surface area contributed by atoms with E-state index in [1.165, 1.54) is 44.1 Å². The molecule has 0 bridgehead atoms. The predicted octanol–water partition coefficient (Wildman–Crippen LogP) is -0.183. The number of carbonyl (C=O) groups excluding carboxylic acids is 1. The molecule has 2 heterocycles. The number of pyridine rings is 1. The average molecular weight is 330 g/mol. The largest absolute Gasteiger partial charge is 0.481 e. The SMILES string of the molecule is COc1ccc(CNC(=O)C=Cc2cn(C)c(=O)n(C)c2=O)cn1. The van der Waals surface area contributed by atoms with Crippen LogP contribution in [0.1, 0.15) is 11.1 Å². The third-order valence-electron chi connectivity index (χ3n) is 3.36. The zero-order chi connectivity index (χ0) is 17.7. The lowest BCUT2D eigenvalue weighted by molar-refractivity contribution is -0.116. The van der Waals surface area contributed by atoms with Gasteiger partial charge in [0.15, 0.2) is 0 Å². The first kappa shape index (κ1) is 17.2. The minimum atomic E-state index is -0.457. The van der Waals surface area contributed by atoms with Gasteiger partial charge in [-0.15, -0.1) is 0 Å². The Labute approximate surface area is 138 Å². The number of carbonyl (C=O) groups is 1.